The summed E-state index contributed by atoms with van der Waals surface area (Å²) in [7, 11) is 2.92. The first-order valence-corrected chi connectivity index (χ1v) is 8.77. The van der Waals surface area contributed by atoms with Gasteiger partial charge in [0, 0.05) is 12.0 Å². The molecule has 1 heterocycles. The van der Waals surface area contributed by atoms with Gasteiger partial charge in [-0.2, -0.15) is 0 Å². The first-order valence-electron chi connectivity index (χ1n) is 8.77. The molecule has 1 aliphatic heterocycles. The van der Waals surface area contributed by atoms with Gasteiger partial charge in [-0.25, -0.2) is 0 Å². The van der Waals surface area contributed by atoms with Crippen molar-refractivity contribution in [2.45, 2.75) is 32.1 Å². The number of Topliss-reactive ketones (excluding diaryl/α,β-unsaturated/α-hetero) is 1. The number of piperidine rings is 1. The van der Waals surface area contributed by atoms with Crippen molar-refractivity contribution in [1.29, 1.82) is 0 Å². The van der Waals surface area contributed by atoms with Gasteiger partial charge in [0.2, 0.25) is 0 Å². The summed E-state index contributed by atoms with van der Waals surface area (Å²) in [4.78, 5) is 25.8. The van der Waals surface area contributed by atoms with E-state index >= 15 is 0 Å². The molecule has 0 unspecified atom stereocenters. The first-order chi connectivity index (χ1) is 12.1. The van der Waals surface area contributed by atoms with E-state index < -0.39 is 0 Å². The van der Waals surface area contributed by atoms with Crippen molar-refractivity contribution >= 4 is 11.8 Å². The van der Waals surface area contributed by atoms with Gasteiger partial charge < -0.3 is 14.2 Å². The fraction of sp³-hybridized carbons (Fsp3) is 0.579. The molecule has 6 nitrogen and oxygen atoms in total. The predicted octanol–water partition coefficient (Wildman–Crippen LogP) is 2.70. The number of methoxy groups -OCH3 is 2. The Bertz CT molecular complexity index is 581. The van der Waals surface area contributed by atoms with Crippen LogP contribution in [0.2, 0.25) is 0 Å². The number of nitrogens with zero attached hydrogens (tertiary/aromatic N) is 1. The van der Waals surface area contributed by atoms with Gasteiger partial charge in [-0.15, -0.1) is 0 Å². The smallest absolute Gasteiger partial charge is 0.305 e. The van der Waals surface area contributed by atoms with Crippen molar-refractivity contribution < 1.29 is 23.8 Å². The molecule has 1 aliphatic rings. The lowest BCUT2D eigenvalue weighted by Gasteiger charge is -2.25. The summed E-state index contributed by atoms with van der Waals surface area (Å²) in [6.07, 6.45) is 4.45. The van der Waals surface area contributed by atoms with E-state index in [4.69, 9.17) is 9.47 Å². The molecule has 0 amide bonds. The third-order valence-corrected chi connectivity index (χ3v) is 4.31. The van der Waals surface area contributed by atoms with E-state index in [0.29, 0.717) is 43.1 Å². The Morgan fingerprint density at radius 1 is 1.08 bits per heavy atom. The second-order valence-electron chi connectivity index (χ2n) is 6.15. The largest absolute Gasteiger partial charge is 0.493 e. The molecule has 1 saturated heterocycles. The molecule has 0 aromatic heterocycles. The van der Waals surface area contributed by atoms with Crippen molar-refractivity contribution in [3.63, 3.8) is 0 Å². The Morgan fingerprint density at radius 3 is 2.52 bits per heavy atom. The molecular weight excluding hydrogens is 322 g/mol. The van der Waals surface area contributed by atoms with Gasteiger partial charge in [0.25, 0.3) is 0 Å². The second-order valence-corrected chi connectivity index (χ2v) is 6.15. The highest BCUT2D eigenvalue weighted by molar-refractivity contribution is 5.98. The van der Waals surface area contributed by atoms with Crippen LogP contribution in [0.25, 0.3) is 0 Å². The maximum atomic E-state index is 12.5. The third-order valence-electron chi connectivity index (χ3n) is 4.31. The molecule has 0 radical (unpaired) electrons. The molecule has 138 valence electrons. The molecule has 25 heavy (non-hydrogen) atoms. The number of hydrogen-bond donors (Lipinski definition) is 0. The van der Waals surface area contributed by atoms with Crippen LogP contribution in [-0.2, 0) is 9.53 Å². The monoisotopic (exact) mass is 349 g/mol. The SMILES string of the molecule is COC(=O)CCCOc1ccc(C(=O)CN2CCCCC2)cc1OC. The molecule has 1 aromatic rings. The summed E-state index contributed by atoms with van der Waals surface area (Å²) in [6.45, 7) is 2.81. The molecule has 0 saturated carbocycles. The standard InChI is InChI=1S/C19H27NO5/c1-23-18-13-15(16(21)14-20-10-4-3-5-11-20)8-9-17(18)25-12-6-7-19(22)24-2/h8-9,13H,3-7,10-12,14H2,1-2H3. The van der Waals surface area contributed by atoms with Crippen LogP contribution in [0.1, 0.15) is 42.5 Å². The minimum Gasteiger partial charge on any atom is -0.493 e. The lowest BCUT2D eigenvalue weighted by Crippen LogP contribution is -2.34. The molecule has 2 rings (SSSR count). The van der Waals surface area contributed by atoms with Crippen molar-refractivity contribution in [2.75, 3.05) is 40.5 Å². The fourth-order valence-electron chi connectivity index (χ4n) is 2.87. The Hall–Kier alpha value is -2.08. The van der Waals surface area contributed by atoms with E-state index in [0.717, 1.165) is 25.9 Å². The van der Waals surface area contributed by atoms with Gasteiger partial charge >= 0.3 is 5.97 Å². The molecule has 6 heteroatoms. The number of carbonyl (C=O) groups excluding carboxylic acids is 2. The zero-order chi connectivity index (χ0) is 18.1. The Balaban J connectivity index is 1.90. The highest BCUT2D eigenvalue weighted by Gasteiger charge is 2.17. The number of likely N-dealkylation sites (tertiary alicyclic amines) is 1. The zero-order valence-electron chi connectivity index (χ0n) is 15.1. The van der Waals surface area contributed by atoms with Crippen LogP contribution < -0.4 is 9.47 Å². The van der Waals surface area contributed by atoms with Gasteiger partial charge in [0.15, 0.2) is 17.3 Å². The van der Waals surface area contributed by atoms with Gasteiger partial charge in [-0.3, -0.25) is 14.5 Å². The van der Waals surface area contributed by atoms with Crippen LogP contribution in [0.4, 0.5) is 0 Å². The van der Waals surface area contributed by atoms with E-state index in [1.807, 2.05) is 0 Å². The predicted molar refractivity (Wildman–Crippen MR) is 94.4 cm³/mol. The minimum absolute atomic E-state index is 0.0949. The van der Waals surface area contributed by atoms with Gasteiger partial charge in [0.05, 0.1) is 27.4 Å². The summed E-state index contributed by atoms with van der Waals surface area (Å²) in [6, 6.07) is 5.24. The molecule has 0 atom stereocenters. The molecule has 0 spiro atoms. The Kier molecular flexibility index (Phi) is 7.73. The normalized spacial score (nSPS) is 14.8. The molecule has 1 aromatic carbocycles. The average molecular weight is 349 g/mol. The summed E-state index contributed by atoms with van der Waals surface area (Å²) in [5, 5.41) is 0. The maximum absolute atomic E-state index is 12.5. The van der Waals surface area contributed by atoms with Gasteiger partial charge in [0.1, 0.15) is 0 Å². The summed E-state index contributed by atoms with van der Waals surface area (Å²) in [5.74, 6) is 0.941. The van der Waals surface area contributed by atoms with Crippen LogP contribution in [0.3, 0.4) is 0 Å². The number of hydrogen-bond acceptors (Lipinski definition) is 6. The van der Waals surface area contributed by atoms with E-state index in [-0.39, 0.29) is 11.8 Å². The van der Waals surface area contributed by atoms with E-state index in [9.17, 15) is 9.59 Å². The highest BCUT2D eigenvalue weighted by Crippen LogP contribution is 2.28. The number of carbonyl (C=O) groups is 2. The lowest BCUT2D eigenvalue weighted by molar-refractivity contribution is -0.140. The Morgan fingerprint density at radius 2 is 1.84 bits per heavy atom. The van der Waals surface area contributed by atoms with Gasteiger partial charge in [-0.1, -0.05) is 6.42 Å². The van der Waals surface area contributed by atoms with Gasteiger partial charge in [-0.05, 0) is 50.6 Å². The van der Waals surface area contributed by atoms with Crippen molar-refractivity contribution in [1.82, 2.24) is 4.90 Å². The number of ether oxygens (including phenoxy) is 3. The van der Waals surface area contributed by atoms with Crippen molar-refractivity contribution in [2.24, 2.45) is 0 Å². The molecule has 0 aliphatic carbocycles. The summed E-state index contributed by atoms with van der Waals surface area (Å²) >= 11 is 0. The molecule has 0 bridgehead atoms. The Labute approximate surface area is 149 Å². The molecular formula is C19H27NO5. The topological polar surface area (TPSA) is 65.1 Å². The van der Waals surface area contributed by atoms with E-state index in [1.54, 1.807) is 25.3 Å². The fourth-order valence-corrected chi connectivity index (χ4v) is 2.87. The van der Waals surface area contributed by atoms with Crippen LogP contribution in [0, 0.1) is 0 Å². The van der Waals surface area contributed by atoms with Crippen LogP contribution >= 0.6 is 0 Å². The maximum Gasteiger partial charge on any atom is 0.305 e. The van der Waals surface area contributed by atoms with E-state index in [2.05, 4.69) is 9.64 Å². The summed E-state index contributed by atoms with van der Waals surface area (Å²) < 4.78 is 15.6. The number of rotatable bonds is 9. The second kappa shape index (κ2) is 10.0. The van der Waals surface area contributed by atoms with Crippen molar-refractivity contribution in [3.8, 4) is 11.5 Å². The number of ketones is 1. The van der Waals surface area contributed by atoms with Crippen LogP contribution in [-0.4, -0.2) is 57.1 Å². The highest BCUT2D eigenvalue weighted by atomic mass is 16.5. The summed E-state index contributed by atoms with van der Waals surface area (Å²) in [5.41, 5.74) is 0.629. The molecule has 1 fully saturated rings. The molecule has 0 N–H and O–H groups in total. The van der Waals surface area contributed by atoms with Crippen LogP contribution in [0.5, 0.6) is 11.5 Å². The number of esters is 1. The minimum atomic E-state index is -0.255. The quantitative estimate of drug-likeness (QED) is 0.388. The van der Waals surface area contributed by atoms with Crippen molar-refractivity contribution in [3.05, 3.63) is 23.8 Å². The lowest BCUT2D eigenvalue weighted by atomic mass is 10.1. The van der Waals surface area contributed by atoms with E-state index in [1.165, 1.54) is 13.5 Å². The average Bonchev–Trinajstić information content (AvgIpc) is 2.65. The first kappa shape index (κ1) is 19.2. The zero-order valence-corrected chi connectivity index (χ0v) is 15.1. The number of benzene rings is 1. The van der Waals surface area contributed by atoms with Crippen LogP contribution in [0.15, 0.2) is 18.2 Å². The third kappa shape index (κ3) is 6.05.